The highest BCUT2D eigenvalue weighted by Crippen LogP contribution is 2.27. The number of benzene rings is 1. The molecular formula is C14H23NS. The Labute approximate surface area is 104 Å². The van der Waals surface area contributed by atoms with Gasteiger partial charge in [0.05, 0.1) is 0 Å². The van der Waals surface area contributed by atoms with Crippen LogP contribution in [-0.2, 0) is 0 Å². The quantitative estimate of drug-likeness (QED) is 0.810. The zero-order valence-electron chi connectivity index (χ0n) is 11.0. The third-order valence-electron chi connectivity index (χ3n) is 2.86. The second-order valence-corrected chi connectivity index (χ2v) is 6.61. The van der Waals surface area contributed by atoms with Gasteiger partial charge in [-0.05, 0) is 30.9 Å². The molecule has 1 aromatic rings. The zero-order chi connectivity index (χ0) is 12.3. The SMILES string of the molecule is Cc1ccc(SCC(N)C(C)(C)C)c(C)c1. The lowest BCUT2D eigenvalue weighted by molar-refractivity contribution is 0.344. The van der Waals surface area contributed by atoms with Gasteiger partial charge < -0.3 is 5.73 Å². The van der Waals surface area contributed by atoms with Crippen LogP contribution in [0.2, 0.25) is 0 Å². The summed E-state index contributed by atoms with van der Waals surface area (Å²) in [6, 6.07) is 6.83. The van der Waals surface area contributed by atoms with Gasteiger partial charge in [0.1, 0.15) is 0 Å². The largest absolute Gasteiger partial charge is 0.326 e. The Morgan fingerprint density at radius 3 is 2.38 bits per heavy atom. The summed E-state index contributed by atoms with van der Waals surface area (Å²) in [5.74, 6) is 0.980. The summed E-state index contributed by atoms with van der Waals surface area (Å²) in [4.78, 5) is 1.35. The molecule has 0 radical (unpaired) electrons. The molecule has 0 aromatic heterocycles. The predicted octanol–water partition coefficient (Wildman–Crippen LogP) is 3.77. The van der Waals surface area contributed by atoms with Crippen molar-refractivity contribution in [2.75, 3.05) is 5.75 Å². The van der Waals surface area contributed by atoms with Crippen molar-refractivity contribution in [1.29, 1.82) is 0 Å². The highest BCUT2D eigenvalue weighted by atomic mass is 32.2. The topological polar surface area (TPSA) is 26.0 Å². The molecule has 0 aliphatic heterocycles. The lowest BCUT2D eigenvalue weighted by Crippen LogP contribution is -2.37. The van der Waals surface area contributed by atoms with Crippen molar-refractivity contribution in [3.8, 4) is 0 Å². The van der Waals surface area contributed by atoms with Crippen LogP contribution in [0, 0.1) is 19.3 Å². The van der Waals surface area contributed by atoms with Gasteiger partial charge in [0, 0.05) is 16.7 Å². The molecule has 0 aliphatic rings. The van der Waals surface area contributed by atoms with E-state index in [0.29, 0.717) is 0 Å². The molecule has 0 saturated heterocycles. The van der Waals surface area contributed by atoms with Crippen molar-refractivity contribution in [2.24, 2.45) is 11.1 Å². The molecule has 0 fully saturated rings. The smallest absolute Gasteiger partial charge is 0.0183 e. The maximum Gasteiger partial charge on any atom is 0.0183 e. The lowest BCUT2D eigenvalue weighted by Gasteiger charge is -2.26. The third-order valence-corrected chi connectivity index (χ3v) is 4.16. The average Bonchev–Trinajstić information content (AvgIpc) is 2.14. The van der Waals surface area contributed by atoms with E-state index in [0.717, 1.165) is 5.75 Å². The number of thioether (sulfide) groups is 1. The van der Waals surface area contributed by atoms with Gasteiger partial charge in [-0.2, -0.15) is 0 Å². The van der Waals surface area contributed by atoms with Crippen LogP contribution in [-0.4, -0.2) is 11.8 Å². The highest BCUT2D eigenvalue weighted by Gasteiger charge is 2.20. The molecule has 1 unspecified atom stereocenters. The van der Waals surface area contributed by atoms with Gasteiger partial charge in [0.15, 0.2) is 0 Å². The molecule has 0 spiro atoms. The fourth-order valence-corrected chi connectivity index (χ4v) is 2.70. The van der Waals surface area contributed by atoms with Crippen LogP contribution in [0.4, 0.5) is 0 Å². The maximum absolute atomic E-state index is 6.16. The van der Waals surface area contributed by atoms with Crippen LogP contribution in [0.1, 0.15) is 31.9 Å². The molecule has 0 aliphatic carbocycles. The molecule has 16 heavy (non-hydrogen) atoms. The van der Waals surface area contributed by atoms with E-state index in [-0.39, 0.29) is 11.5 Å². The van der Waals surface area contributed by atoms with Crippen molar-refractivity contribution >= 4 is 11.8 Å². The molecule has 0 amide bonds. The Kier molecular flexibility index (Phi) is 4.45. The summed E-state index contributed by atoms with van der Waals surface area (Å²) >= 11 is 1.87. The summed E-state index contributed by atoms with van der Waals surface area (Å²) < 4.78 is 0. The number of aryl methyl sites for hydroxylation is 2. The minimum absolute atomic E-state index is 0.186. The van der Waals surface area contributed by atoms with Crippen molar-refractivity contribution in [3.63, 3.8) is 0 Å². The Morgan fingerprint density at radius 1 is 1.25 bits per heavy atom. The standard InChI is InChI=1S/C14H23NS/c1-10-6-7-12(11(2)8-10)16-9-13(15)14(3,4)5/h6-8,13H,9,15H2,1-5H3. The van der Waals surface area contributed by atoms with Gasteiger partial charge in [-0.1, -0.05) is 38.5 Å². The van der Waals surface area contributed by atoms with Crippen molar-refractivity contribution in [1.82, 2.24) is 0 Å². The number of hydrogen-bond donors (Lipinski definition) is 1. The number of nitrogens with two attached hydrogens (primary N) is 1. The van der Waals surface area contributed by atoms with Crippen LogP contribution >= 0.6 is 11.8 Å². The first-order valence-corrected chi connectivity index (χ1v) is 6.75. The van der Waals surface area contributed by atoms with E-state index in [2.05, 4.69) is 52.8 Å². The van der Waals surface area contributed by atoms with Crippen LogP contribution < -0.4 is 5.73 Å². The summed E-state index contributed by atoms with van der Waals surface area (Å²) in [6.45, 7) is 10.9. The molecule has 0 saturated carbocycles. The fourth-order valence-electron chi connectivity index (χ4n) is 1.39. The number of rotatable bonds is 3. The van der Waals surface area contributed by atoms with Crippen LogP contribution in [0.5, 0.6) is 0 Å². The van der Waals surface area contributed by atoms with E-state index in [1.807, 2.05) is 11.8 Å². The second kappa shape index (κ2) is 5.24. The molecular weight excluding hydrogens is 214 g/mol. The van der Waals surface area contributed by atoms with Gasteiger partial charge in [0.2, 0.25) is 0 Å². The Hall–Kier alpha value is -0.470. The molecule has 1 atom stereocenters. The van der Waals surface area contributed by atoms with Gasteiger partial charge in [-0.15, -0.1) is 11.8 Å². The summed E-state index contributed by atoms with van der Waals surface area (Å²) in [5.41, 5.74) is 9.02. The molecule has 1 aromatic carbocycles. The first-order chi connectivity index (χ1) is 7.30. The molecule has 0 heterocycles. The highest BCUT2D eigenvalue weighted by molar-refractivity contribution is 7.99. The molecule has 0 bridgehead atoms. The van der Waals surface area contributed by atoms with E-state index in [9.17, 15) is 0 Å². The zero-order valence-corrected chi connectivity index (χ0v) is 11.8. The van der Waals surface area contributed by atoms with Crippen molar-refractivity contribution in [3.05, 3.63) is 29.3 Å². The van der Waals surface area contributed by atoms with E-state index >= 15 is 0 Å². The van der Waals surface area contributed by atoms with Crippen LogP contribution in [0.15, 0.2) is 23.1 Å². The van der Waals surface area contributed by atoms with Gasteiger partial charge >= 0.3 is 0 Å². The monoisotopic (exact) mass is 237 g/mol. The second-order valence-electron chi connectivity index (χ2n) is 5.55. The van der Waals surface area contributed by atoms with Crippen LogP contribution in [0.3, 0.4) is 0 Å². The lowest BCUT2D eigenvalue weighted by atomic mass is 9.89. The van der Waals surface area contributed by atoms with Gasteiger partial charge in [-0.25, -0.2) is 0 Å². The van der Waals surface area contributed by atoms with E-state index in [1.54, 1.807) is 0 Å². The van der Waals surface area contributed by atoms with Gasteiger partial charge in [-0.3, -0.25) is 0 Å². The Balaban J connectivity index is 2.62. The third kappa shape index (κ3) is 3.84. The average molecular weight is 237 g/mol. The fraction of sp³-hybridized carbons (Fsp3) is 0.571. The van der Waals surface area contributed by atoms with E-state index in [1.165, 1.54) is 16.0 Å². The molecule has 2 heteroatoms. The number of hydrogen-bond acceptors (Lipinski definition) is 2. The van der Waals surface area contributed by atoms with Gasteiger partial charge in [0.25, 0.3) is 0 Å². The molecule has 2 N–H and O–H groups in total. The molecule has 1 rings (SSSR count). The van der Waals surface area contributed by atoms with E-state index in [4.69, 9.17) is 5.73 Å². The maximum atomic E-state index is 6.16. The van der Waals surface area contributed by atoms with Crippen molar-refractivity contribution in [2.45, 2.75) is 45.6 Å². The summed E-state index contributed by atoms with van der Waals surface area (Å²) in [5, 5.41) is 0. The first kappa shape index (κ1) is 13.6. The van der Waals surface area contributed by atoms with Crippen LogP contribution in [0.25, 0.3) is 0 Å². The Morgan fingerprint density at radius 2 is 1.88 bits per heavy atom. The van der Waals surface area contributed by atoms with E-state index < -0.39 is 0 Å². The Bertz CT molecular complexity index is 352. The first-order valence-electron chi connectivity index (χ1n) is 5.76. The summed E-state index contributed by atoms with van der Waals surface area (Å²) in [7, 11) is 0. The predicted molar refractivity (Wildman–Crippen MR) is 74.1 cm³/mol. The van der Waals surface area contributed by atoms with Crippen molar-refractivity contribution < 1.29 is 0 Å². The molecule has 1 nitrogen and oxygen atoms in total. The molecule has 90 valence electrons. The normalized spacial score (nSPS) is 13.9. The minimum Gasteiger partial charge on any atom is -0.326 e. The summed E-state index contributed by atoms with van der Waals surface area (Å²) in [6.07, 6.45) is 0. The minimum atomic E-state index is 0.186.